The molecule has 0 radical (unpaired) electrons. The second-order valence-electron chi connectivity index (χ2n) is 6.74. The number of para-hydroxylation sites is 1. The van der Waals surface area contributed by atoms with Gasteiger partial charge >= 0.3 is 0 Å². The fourth-order valence-corrected chi connectivity index (χ4v) is 3.19. The number of rotatable bonds is 10. The molecule has 0 saturated heterocycles. The molecule has 1 aliphatic rings. The van der Waals surface area contributed by atoms with E-state index in [0.717, 1.165) is 38.1 Å². The van der Waals surface area contributed by atoms with E-state index in [9.17, 15) is 9.59 Å². The predicted molar refractivity (Wildman–Crippen MR) is 108 cm³/mol. The van der Waals surface area contributed by atoms with Crippen molar-refractivity contribution in [3.63, 3.8) is 0 Å². The lowest BCUT2D eigenvalue weighted by Gasteiger charge is -2.18. The van der Waals surface area contributed by atoms with E-state index in [0.29, 0.717) is 23.4 Å². The Hall–Kier alpha value is -2.86. The molecule has 0 aliphatic carbocycles. The third-order valence-electron chi connectivity index (χ3n) is 4.71. The molecule has 1 aliphatic heterocycles. The first kappa shape index (κ1) is 19.9. The molecule has 1 amide bonds. The number of ketones is 1. The number of hydrogen-bond acceptors (Lipinski definition) is 5. The zero-order valence-electron chi connectivity index (χ0n) is 16.1. The van der Waals surface area contributed by atoms with Gasteiger partial charge in [-0.1, -0.05) is 18.2 Å². The maximum atomic E-state index is 12.4. The van der Waals surface area contributed by atoms with Gasteiger partial charge in [-0.2, -0.15) is 0 Å². The summed E-state index contributed by atoms with van der Waals surface area (Å²) < 4.78 is 10.7. The SMILES string of the molecule is COc1ccccc1CCNCCCCC(=O)c1ccc2c(c1)NC(=O)CO2. The number of hydrogen-bond donors (Lipinski definition) is 2. The van der Waals surface area contributed by atoms with Crippen molar-refractivity contribution in [1.82, 2.24) is 5.32 Å². The first-order chi connectivity index (χ1) is 13.7. The van der Waals surface area contributed by atoms with Crippen LogP contribution in [-0.2, 0) is 11.2 Å². The molecular formula is C22H26N2O4. The van der Waals surface area contributed by atoms with Gasteiger partial charge in [0, 0.05) is 12.0 Å². The van der Waals surface area contributed by atoms with Crippen molar-refractivity contribution in [1.29, 1.82) is 0 Å². The van der Waals surface area contributed by atoms with Crippen LogP contribution in [0.5, 0.6) is 11.5 Å². The Balaban J connectivity index is 1.35. The Kier molecular flexibility index (Phi) is 7.03. The third kappa shape index (κ3) is 5.33. The topological polar surface area (TPSA) is 76.7 Å². The van der Waals surface area contributed by atoms with Crippen LogP contribution in [0.2, 0.25) is 0 Å². The Bertz CT molecular complexity index is 835. The lowest BCUT2D eigenvalue weighted by Crippen LogP contribution is -2.25. The van der Waals surface area contributed by atoms with Gasteiger partial charge in [0.1, 0.15) is 11.5 Å². The van der Waals surface area contributed by atoms with E-state index >= 15 is 0 Å². The molecule has 148 valence electrons. The highest BCUT2D eigenvalue weighted by Crippen LogP contribution is 2.29. The standard InChI is InChI=1S/C22H26N2O4/c1-27-20-8-3-2-6-16(20)11-13-23-12-5-4-7-19(25)17-9-10-21-18(14-17)24-22(26)15-28-21/h2-3,6,8-10,14,23H,4-5,7,11-13,15H2,1H3,(H,24,26). The number of fused-ring (bicyclic) bond motifs is 1. The minimum Gasteiger partial charge on any atom is -0.496 e. The number of amides is 1. The molecule has 2 aromatic rings. The van der Waals surface area contributed by atoms with Crippen LogP contribution in [0.4, 0.5) is 5.69 Å². The zero-order chi connectivity index (χ0) is 19.8. The van der Waals surface area contributed by atoms with Crippen molar-refractivity contribution < 1.29 is 19.1 Å². The third-order valence-corrected chi connectivity index (χ3v) is 4.71. The first-order valence-electron chi connectivity index (χ1n) is 9.60. The maximum absolute atomic E-state index is 12.4. The molecule has 28 heavy (non-hydrogen) atoms. The van der Waals surface area contributed by atoms with Crippen molar-refractivity contribution in [3.05, 3.63) is 53.6 Å². The highest BCUT2D eigenvalue weighted by atomic mass is 16.5. The number of methoxy groups -OCH3 is 1. The van der Waals surface area contributed by atoms with E-state index in [1.165, 1.54) is 5.56 Å². The number of unbranched alkanes of at least 4 members (excludes halogenated alkanes) is 1. The van der Waals surface area contributed by atoms with Gasteiger partial charge in [-0.15, -0.1) is 0 Å². The number of benzene rings is 2. The largest absolute Gasteiger partial charge is 0.496 e. The van der Waals surface area contributed by atoms with Crippen molar-refractivity contribution >= 4 is 17.4 Å². The quantitative estimate of drug-likeness (QED) is 0.487. The Morgan fingerprint density at radius 2 is 2.04 bits per heavy atom. The minimum absolute atomic E-state index is 0.0182. The molecule has 1 heterocycles. The number of Topliss-reactive ketones (excluding diaryl/α,β-unsaturated/α-hetero) is 1. The fourth-order valence-electron chi connectivity index (χ4n) is 3.19. The Morgan fingerprint density at radius 1 is 1.18 bits per heavy atom. The summed E-state index contributed by atoms with van der Waals surface area (Å²) in [5.74, 6) is 1.41. The van der Waals surface area contributed by atoms with E-state index in [-0.39, 0.29) is 18.3 Å². The van der Waals surface area contributed by atoms with E-state index in [4.69, 9.17) is 9.47 Å². The van der Waals surface area contributed by atoms with E-state index < -0.39 is 0 Å². The van der Waals surface area contributed by atoms with Crippen LogP contribution in [0, 0.1) is 0 Å². The highest BCUT2D eigenvalue weighted by molar-refractivity contribution is 6.00. The summed E-state index contributed by atoms with van der Waals surface area (Å²) in [4.78, 5) is 23.8. The van der Waals surface area contributed by atoms with E-state index in [2.05, 4.69) is 16.7 Å². The van der Waals surface area contributed by atoms with Crippen LogP contribution in [0.1, 0.15) is 35.2 Å². The van der Waals surface area contributed by atoms with Gasteiger partial charge in [-0.3, -0.25) is 9.59 Å². The van der Waals surface area contributed by atoms with Crippen LogP contribution in [-0.4, -0.2) is 38.5 Å². The number of carbonyl (C=O) groups is 2. The molecule has 0 unspecified atom stereocenters. The molecule has 0 atom stereocenters. The van der Waals surface area contributed by atoms with Gasteiger partial charge in [0.25, 0.3) is 5.91 Å². The monoisotopic (exact) mass is 382 g/mol. The van der Waals surface area contributed by atoms with E-state index in [1.807, 2.05) is 18.2 Å². The normalized spacial score (nSPS) is 12.7. The van der Waals surface area contributed by atoms with Crippen LogP contribution in [0.15, 0.2) is 42.5 Å². The number of ether oxygens (including phenoxy) is 2. The summed E-state index contributed by atoms with van der Waals surface area (Å²) >= 11 is 0. The molecule has 3 rings (SSSR count). The number of anilines is 1. The second kappa shape index (κ2) is 9.90. The summed E-state index contributed by atoms with van der Waals surface area (Å²) in [7, 11) is 1.69. The lowest BCUT2D eigenvalue weighted by atomic mass is 10.0. The van der Waals surface area contributed by atoms with Crippen LogP contribution < -0.4 is 20.1 Å². The predicted octanol–water partition coefficient (Wildman–Crippen LogP) is 3.21. The van der Waals surface area contributed by atoms with Crippen molar-refractivity contribution in [3.8, 4) is 11.5 Å². The second-order valence-corrected chi connectivity index (χ2v) is 6.74. The lowest BCUT2D eigenvalue weighted by molar-refractivity contribution is -0.118. The van der Waals surface area contributed by atoms with Crippen LogP contribution in [0.25, 0.3) is 0 Å². The van der Waals surface area contributed by atoms with Gasteiger partial charge in [-0.25, -0.2) is 0 Å². The Morgan fingerprint density at radius 3 is 2.89 bits per heavy atom. The van der Waals surface area contributed by atoms with Crippen LogP contribution in [0.3, 0.4) is 0 Å². The molecule has 0 spiro atoms. The van der Waals surface area contributed by atoms with Crippen molar-refractivity contribution in [2.45, 2.75) is 25.7 Å². The summed E-state index contributed by atoms with van der Waals surface area (Å²) in [6, 6.07) is 13.2. The average Bonchev–Trinajstić information content (AvgIpc) is 2.72. The van der Waals surface area contributed by atoms with Crippen molar-refractivity contribution in [2.24, 2.45) is 0 Å². The molecule has 2 N–H and O–H groups in total. The number of carbonyl (C=O) groups excluding carboxylic acids is 2. The minimum atomic E-state index is -0.198. The number of nitrogens with one attached hydrogen (secondary N) is 2. The van der Waals surface area contributed by atoms with Gasteiger partial charge in [0.05, 0.1) is 12.8 Å². The molecule has 6 nitrogen and oxygen atoms in total. The van der Waals surface area contributed by atoms with Gasteiger partial charge in [0.2, 0.25) is 0 Å². The van der Waals surface area contributed by atoms with Gasteiger partial charge < -0.3 is 20.1 Å². The summed E-state index contributed by atoms with van der Waals surface area (Å²) in [6.45, 7) is 1.76. The molecule has 0 bridgehead atoms. The fraction of sp³-hybridized carbons (Fsp3) is 0.364. The Labute approximate surface area is 165 Å². The highest BCUT2D eigenvalue weighted by Gasteiger charge is 2.17. The van der Waals surface area contributed by atoms with Gasteiger partial charge in [-0.05, 0) is 62.2 Å². The molecule has 6 heteroatoms. The van der Waals surface area contributed by atoms with Gasteiger partial charge in [0.15, 0.2) is 12.4 Å². The summed E-state index contributed by atoms with van der Waals surface area (Å²) in [5, 5.41) is 6.15. The summed E-state index contributed by atoms with van der Waals surface area (Å²) in [6.07, 6.45) is 3.15. The zero-order valence-corrected chi connectivity index (χ0v) is 16.1. The molecular weight excluding hydrogens is 356 g/mol. The van der Waals surface area contributed by atoms with Crippen LogP contribution >= 0.6 is 0 Å². The maximum Gasteiger partial charge on any atom is 0.262 e. The molecule has 0 aromatic heterocycles. The first-order valence-corrected chi connectivity index (χ1v) is 9.60. The van der Waals surface area contributed by atoms with E-state index in [1.54, 1.807) is 25.3 Å². The average molecular weight is 382 g/mol. The van der Waals surface area contributed by atoms with Crippen molar-refractivity contribution in [2.75, 3.05) is 32.1 Å². The smallest absolute Gasteiger partial charge is 0.262 e. The molecule has 0 saturated carbocycles. The molecule has 2 aromatic carbocycles. The molecule has 0 fully saturated rings. The summed E-state index contributed by atoms with van der Waals surface area (Å²) in [5.41, 5.74) is 2.37.